The first-order valence-electron chi connectivity index (χ1n) is 7.79. The number of aliphatic hydroxyl groups is 1. The Morgan fingerprint density at radius 3 is 2.65 bits per heavy atom. The molecule has 0 bridgehead atoms. The van der Waals surface area contributed by atoms with Crippen LogP contribution in [-0.2, 0) is 0 Å². The Morgan fingerprint density at radius 1 is 1.30 bits per heavy atom. The van der Waals surface area contributed by atoms with Gasteiger partial charge in [0.25, 0.3) is 0 Å². The summed E-state index contributed by atoms with van der Waals surface area (Å²) < 4.78 is 5.70. The minimum atomic E-state index is -0.395. The Hall–Kier alpha value is -1.06. The molecule has 0 radical (unpaired) electrons. The van der Waals surface area contributed by atoms with Gasteiger partial charge in [0.1, 0.15) is 25.0 Å². The molecule has 1 aromatic carbocycles. The summed E-state index contributed by atoms with van der Waals surface area (Å²) in [7, 11) is 0. The molecule has 1 heterocycles. The van der Waals surface area contributed by atoms with E-state index in [1.54, 1.807) is 0 Å². The molecule has 20 heavy (non-hydrogen) atoms. The van der Waals surface area contributed by atoms with E-state index in [9.17, 15) is 5.11 Å². The molecule has 0 aliphatic carbocycles. The lowest BCUT2D eigenvalue weighted by Gasteiger charge is -2.36. The fraction of sp³-hybridized carbons (Fsp3) is 0.647. The highest BCUT2D eigenvalue weighted by atomic mass is 16.5. The highest BCUT2D eigenvalue weighted by Crippen LogP contribution is 2.12. The minimum Gasteiger partial charge on any atom is -0.491 e. The van der Waals surface area contributed by atoms with E-state index < -0.39 is 6.10 Å². The molecule has 0 unspecified atom stereocenters. The fourth-order valence-electron chi connectivity index (χ4n) is 3.22. The van der Waals surface area contributed by atoms with Gasteiger partial charge in [-0.2, -0.15) is 0 Å². The van der Waals surface area contributed by atoms with Crippen molar-refractivity contribution in [3.63, 3.8) is 0 Å². The normalized spacial score (nSPS) is 25.4. The number of nitrogens with one attached hydrogen (secondary N) is 1. The van der Waals surface area contributed by atoms with Gasteiger partial charge in [-0.1, -0.05) is 12.1 Å². The third kappa shape index (κ3) is 4.22. The van der Waals surface area contributed by atoms with Crippen LogP contribution in [0.5, 0.6) is 5.75 Å². The topological polar surface area (TPSA) is 33.9 Å². The molecule has 1 saturated heterocycles. The number of hydrogen-bond donors (Lipinski definition) is 2. The van der Waals surface area contributed by atoms with Crippen molar-refractivity contribution >= 4 is 0 Å². The van der Waals surface area contributed by atoms with Crippen molar-refractivity contribution in [2.24, 2.45) is 0 Å². The van der Waals surface area contributed by atoms with Gasteiger partial charge in [0.15, 0.2) is 0 Å². The number of aryl methyl sites for hydroxylation is 1. The zero-order chi connectivity index (χ0) is 14.5. The summed E-state index contributed by atoms with van der Waals surface area (Å²) in [5.74, 6) is 0.846. The molecule has 112 valence electrons. The summed E-state index contributed by atoms with van der Waals surface area (Å²) in [6, 6.07) is 9.27. The van der Waals surface area contributed by atoms with E-state index in [-0.39, 0.29) is 0 Å². The predicted octanol–water partition coefficient (Wildman–Crippen LogP) is 1.58. The second-order valence-corrected chi connectivity index (χ2v) is 6.29. The maximum absolute atomic E-state index is 10.2. The predicted molar refractivity (Wildman–Crippen MR) is 81.3 cm³/mol. The van der Waals surface area contributed by atoms with Crippen molar-refractivity contribution in [1.82, 2.24) is 0 Å². The quantitative estimate of drug-likeness (QED) is 0.857. The fourth-order valence-corrected chi connectivity index (χ4v) is 3.22. The van der Waals surface area contributed by atoms with Gasteiger partial charge >= 0.3 is 0 Å². The lowest BCUT2D eigenvalue weighted by Crippen LogP contribution is -3.20. The van der Waals surface area contributed by atoms with Gasteiger partial charge in [0.05, 0.1) is 12.1 Å². The van der Waals surface area contributed by atoms with Gasteiger partial charge in [-0.25, -0.2) is 0 Å². The number of hydrogen-bond acceptors (Lipinski definition) is 2. The number of likely N-dealkylation sites (tertiary alicyclic amines) is 1. The Kier molecular flexibility index (Phi) is 5.44. The van der Waals surface area contributed by atoms with Crippen molar-refractivity contribution in [1.29, 1.82) is 0 Å². The third-order valence-corrected chi connectivity index (χ3v) is 4.44. The summed E-state index contributed by atoms with van der Waals surface area (Å²) >= 11 is 0. The minimum absolute atomic E-state index is 0.381. The van der Waals surface area contributed by atoms with Crippen LogP contribution in [0.25, 0.3) is 0 Å². The first kappa shape index (κ1) is 15.3. The standard InChI is InChI=1S/C17H27NO2/c1-13-6-4-9-17(10-13)20-12-16(19)11-18-14(2)7-5-8-15(18)3/h4,6,9-10,14-16,19H,5,7-8,11-12H2,1-3H3/p+1/t14-,15-,16+/m0/s1. The van der Waals surface area contributed by atoms with Crippen LogP contribution in [0.15, 0.2) is 24.3 Å². The number of benzene rings is 1. The van der Waals surface area contributed by atoms with Crippen LogP contribution >= 0.6 is 0 Å². The summed E-state index contributed by atoms with van der Waals surface area (Å²) in [5.41, 5.74) is 1.18. The Balaban J connectivity index is 1.81. The zero-order valence-corrected chi connectivity index (χ0v) is 12.9. The molecule has 0 aromatic heterocycles. The van der Waals surface area contributed by atoms with Crippen LogP contribution in [0.1, 0.15) is 38.7 Å². The molecule has 1 aliphatic heterocycles. The molecule has 3 heteroatoms. The van der Waals surface area contributed by atoms with Crippen LogP contribution < -0.4 is 9.64 Å². The van der Waals surface area contributed by atoms with Crippen molar-refractivity contribution in [3.8, 4) is 5.75 Å². The number of ether oxygens (including phenoxy) is 1. The van der Waals surface area contributed by atoms with Crippen molar-refractivity contribution in [2.75, 3.05) is 13.2 Å². The van der Waals surface area contributed by atoms with Gasteiger partial charge in [0.2, 0.25) is 0 Å². The molecule has 1 aliphatic rings. The second-order valence-electron chi connectivity index (χ2n) is 6.29. The van der Waals surface area contributed by atoms with Gasteiger partial charge in [-0.05, 0) is 57.7 Å². The largest absolute Gasteiger partial charge is 0.491 e. The molecule has 1 aromatic rings. The van der Waals surface area contributed by atoms with Crippen molar-refractivity contribution in [2.45, 2.75) is 58.2 Å². The van der Waals surface area contributed by atoms with Gasteiger partial charge in [-0.15, -0.1) is 0 Å². The SMILES string of the molecule is Cc1cccc(OC[C@H](O)C[NH+]2[C@@H](C)CCC[C@@H]2C)c1. The summed E-state index contributed by atoms with van der Waals surface area (Å²) in [4.78, 5) is 1.52. The average Bonchev–Trinajstić information content (AvgIpc) is 2.41. The third-order valence-electron chi connectivity index (χ3n) is 4.44. The van der Waals surface area contributed by atoms with Crippen LogP contribution in [0.2, 0.25) is 0 Å². The van der Waals surface area contributed by atoms with Gasteiger partial charge in [-0.3, -0.25) is 0 Å². The van der Waals surface area contributed by atoms with Crippen LogP contribution in [0.3, 0.4) is 0 Å². The number of piperidine rings is 1. The summed E-state index contributed by atoms with van der Waals surface area (Å²) in [5, 5.41) is 10.2. The van der Waals surface area contributed by atoms with Gasteiger partial charge < -0.3 is 14.7 Å². The molecule has 0 saturated carbocycles. The van der Waals surface area contributed by atoms with Crippen LogP contribution in [-0.4, -0.2) is 36.4 Å². The van der Waals surface area contributed by atoms with Crippen LogP contribution in [0.4, 0.5) is 0 Å². The molecule has 1 fully saturated rings. The van der Waals surface area contributed by atoms with E-state index in [2.05, 4.69) is 13.8 Å². The average molecular weight is 278 g/mol. The molecule has 3 nitrogen and oxygen atoms in total. The molecule has 2 N–H and O–H groups in total. The van der Waals surface area contributed by atoms with Crippen molar-refractivity contribution in [3.05, 3.63) is 29.8 Å². The molecule has 0 amide bonds. The summed E-state index contributed by atoms with van der Waals surface area (Å²) in [6.45, 7) is 7.79. The second kappa shape index (κ2) is 7.09. The van der Waals surface area contributed by atoms with E-state index in [1.165, 1.54) is 29.7 Å². The smallest absolute Gasteiger partial charge is 0.137 e. The Labute approximate surface area is 122 Å². The molecule has 0 spiro atoms. The highest BCUT2D eigenvalue weighted by Gasteiger charge is 2.30. The monoisotopic (exact) mass is 278 g/mol. The number of quaternary nitrogens is 1. The summed E-state index contributed by atoms with van der Waals surface area (Å²) in [6.07, 6.45) is 3.46. The van der Waals surface area contributed by atoms with E-state index in [1.807, 2.05) is 31.2 Å². The Bertz CT molecular complexity index is 411. The van der Waals surface area contributed by atoms with E-state index >= 15 is 0 Å². The Morgan fingerprint density at radius 2 is 2.00 bits per heavy atom. The molecule has 2 rings (SSSR count). The first-order chi connectivity index (χ1) is 9.56. The van der Waals surface area contributed by atoms with Crippen molar-refractivity contribution < 1.29 is 14.7 Å². The first-order valence-corrected chi connectivity index (χ1v) is 7.79. The molecule has 3 atom stereocenters. The van der Waals surface area contributed by atoms with E-state index in [0.717, 1.165) is 12.3 Å². The maximum atomic E-state index is 10.2. The molecular formula is C17H28NO2+. The number of rotatable bonds is 5. The van der Waals surface area contributed by atoms with E-state index in [0.29, 0.717) is 18.7 Å². The molecular weight excluding hydrogens is 250 g/mol. The lowest BCUT2D eigenvalue weighted by molar-refractivity contribution is -0.954. The number of aliphatic hydroxyl groups excluding tert-OH is 1. The van der Waals surface area contributed by atoms with Gasteiger partial charge in [0, 0.05) is 0 Å². The van der Waals surface area contributed by atoms with Crippen LogP contribution in [0, 0.1) is 6.92 Å². The highest BCUT2D eigenvalue weighted by molar-refractivity contribution is 5.27. The zero-order valence-electron chi connectivity index (χ0n) is 12.9. The lowest BCUT2D eigenvalue weighted by atomic mass is 9.97. The van der Waals surface area contributed by atoms with E-state index in [4.69, 9.17) is 4.74 Å². The maximum Gasteiger partial charge on any atom is 0.137 e.